The van der Waals surface area contributed by atoms with E-state index in [1.165, 1.54) is 39.3 Å². The minimum atomic E-state index is -0.337. The molecule has 1 radical (unpaired) electrons. The zero-order chi connectivity index (χ0) is 33.9. The first kappa shape index (κ1) is 38.3. The van der Waals surface area contributed by atoms with E-state index in [2.05, 4.69) is 76.2 Å². The Labute approximate surface area is 296 Å². The first-order valence-electron chi connectivity index (χ1n) is 17.1. The molecule has 4 aromatic rings. The van der Waals surface area contributed by atoms with Gasteiger partial charge in [-0.05, 0) is 79.2 Å². The maximum atomic E-state index is 12.2. The summed E-state index contributed by atoms with van der Waals surface area (Å²) in [5.41, 5.74) is 9.10. The molecule has 47 heavy (non-hydrogen) atoms. The summed E-state index contributed by atoms with van der Waals surface area (Å²) in [6.45, 7) is 21.0. The Morgan fingerprint density at radius 3 is 2.13 bits per heavy atom. The van der Waals surface area contributed by atoms with Crippen molar-refractivity contribution >= 4 is 16.6 Å². The third-order valence-corrected chi connectivity index (χ3v) is 10.5. The fraction of sp³-hybridized carbons (Fsp3) is 0.452. The Bertz CT molecular complexity index is 1740. The van der Waals surface area contributed by atoms with Crippen molar-refractivity contribution in [1.82, 2.24) is 9.97 Å². The Morgan fingerprint density at radius 2 is 1.51 bits per heavy atom. The smallest absolute Gasteiger partial charge is 0.164 e. The van der Waals surface area contributed by atoms with E-state index < -0.39 is 0 Å². The van der Waals surface area contributed by atoms with Gasteiger partial charge in [-0.2, -0.15) is 0 Å². The minimum absolute atomic E-state index is 0. The van der Waals surface area contributed by atoms with Crippen LogP contribution in [0.3, 0.4) is 0 Å². The van der Waals surface area contributed by atoms with Gasteiger partial charge in [0.1, 0.15) is 5.76 Å². The molecule has 5 heteroatoms. The van der Waals surface area contributed by atoms with Crippen LogP contribution in [-0.4, -0.2) is 20.9 Å². The molecule has 0 bridgehead atoms. The second-order valence-electron chi connectivity index (χ2n) is 14.5. The van der Waals surface area contributed by atoms with Crippen LogP contribution in [0.5, 0.6) is 0 Å². The molecule has 0 atom stereocenters. The molecule has 4 nitrogen and oxygen atoms in total. The van der Waals surface area contributed by atoms with Gasteiger partial charge in [-0.3, -0.25) is 14.8 Å². The number of aryl methyl sites for hydroxylation is 2. The monoisotopic (exact) mass is 810 g/mol. The molecule has 0 saturated carbocycles. The molecule has 0 fully saturated rings. The largest absolute Gasteiger partial charge is 0.512 e. The zero-order valence-electron chi connectivity index (χ0n) is 30.1. The maximum absolute atomic E-state index is 12.2. The molecule has 5 rings (SSSR count). The molecule has 0 amide bonds. The average molecular weight is 810 g/mol. The summed E-state index contributed by atoms with van der Waals surface area (Å²) in [7, 11) is 0. The van der Waals surface area contributed by atoms with Gasteiger partial charge < -0.3 is 5.11 Å². The van der Waals surface area contributed by atoms with Gasteiger partial charge in [-0.1, -0.05) is 97.5 Å². The number of carbonyl (C=O) groups is 1. The number of allylic oxidation sites excluding steroid dienone is 2. The molecular weight excluding hydrogens is 757 g/mol. The van der Waals surface area contributed by atoms with Gasteiger partial charge in [-0.15, -0.1) is 29.1 Å². The van der Waals surface area contributed by atoms with Crippen LogP contribution in [0.4, 0.5) is 0 Å². The molecule has 0 unspecified atom stereocenters. The Kier molecular flexibility index (Phi) is 12.5. The van der Waals surface area contributed by atoms with Crippen molar-refractivity contribution in [2.24, 2.45) is 10.8 Å². The molecule has 1 aliphatic rings. The SMILES string of the molecule is CCC(C)(CC)C(=O)/C=C(\O)C(C)(CC)CC.Cc1cnc2c(c1)CCc1c-2ccnc1-c1[c-]c2ccccc2c(C(C)(C)C)c1.[Ir]. The number of ketones is 1. The van der Waals surface area contributed by atoms with Crippen molar-refractivity contribution in [2.45, 2.75) is 113 Å². The summed E-state index contributed by atoms with van der Waals surface area (Å²) >= 11 is 0. The Balaban J connectivity index is 0.000000290. The number of fused-ring (bicyclic) bond motifs is 4. The van der Waals surface area contributed by atoms with E-state index in [9.17, 15) is 9.90 Å². The van der Waals surface area contributed by atoms with Crippen molar-refractivity contribution in [3.8, 4) is 22.5 Å². The number of aromatic nitrogens is 2. The summed E-state index contributed by atoms with van der Waals surface area (Å²) in [6, 6.07) is 18.9. The van der Waals surface area contributed by atoms with E-state index in [1.54, 1.807) is 0 Å². The van der Waals surface area contributed by atoms with Crippen molar-refractivity contribution in [3.63, 3.8) is 0 Å². The molecule has 2 aromatic heterocycles. The summed E-state index contributed by atoms with van der Waals surface area (Å²) < 4.78 is 0. The van der Waals surface area contributed by atoms with E-state index in [1.807, 2.05) is 53.9 Å². The normalized spacial score (nSPS) is 13.2. The van der Waals surface area contributed by atoms with Gasteiger partial charge in [0.25, 0.3) is 0 Å². The number of hydrogen-bond acceptors (Lipinski definition) is 4. The third-order valence-electron chi connectivity index (χ3n) is 10.5. The van der Waals surface area contributed by atoms with Crippen LogP contribution in [0.1, 0.15) is 110 Å². The molecule has 0 spiro atoms. The van der Waals surface area contributed by atoms with E-state index in [0.29, 0.717) is 0 Å². The van der Waals surface area contributed by atoms with Crippen LogP contribution >= 0.6 is 0 Å². The summed E-state index contributed by atoms with van der Waals surface area (Å²) in [4.78, 5) is 21.8. The van der Waals surface area contributed by atoms with Crippen molar-refractivity contribution in [2.75, 3.05) is 0 Å². The minimum Gasteiger partial charge on any atom is -0.512 e. The standard InChI is InChI=1S/C27H25N2.C15H28O2.Ir/c1-17-13-19-9-10-22-23(25(19)29-16-17)11-12-28-26(22)20-14-18-7-5-6-8-21(18)24(15-20)27(2,3)4;1-7-14(5,8-2)12(16)11-13(17)15(6,9-3)10-4;/h5-8,11-13,15-16H,9-10H2,1-4H3;11,16H,7-10H2,1-6H3;/q-1;;/b;12-11-;. The van der Waals surface area contributed by atoms with Crippen LogP contribution < -0.4 is 0 Å². The Hall–Kier alpha value is -3.14. The van der Waals surface area contributed by atoms with E-state index >= 15 is 0 Å². The second kappa shape index (κ2) is 15.4. The van der Waals surface area contributed by atoms with E-state index in [-0.39, 0.29) is 47.9 Å². The number of carbonyl (C=O) groups excluding carboxylic acids is 1. The molecular formula is C42H53IrN2O2-. The fourth-order valence-electron chi connectivity index (χ4n) is 6.18. The van der Waals surface area contributed by atoms with E-state index in [4.69, 9.17) is 9.97 Å². The molecule has 2 heterocycles. The number of aliphatic hydroxyl groups excluding tert-OH is 1. The quantitative estimate of drug-likeness (QED) is 0.109. The number of aliphatic hydroxyl groups is 1. The average Bonchev–Trinajstić information content (AvgIpc) is 3.06. The van der Waals surface area contributed by atoms with Gasteiger partial charge in [0.2, 0.25) is 0 Å². The van der Waals surface area contributed by atoms with Gasteiger partial charge in [0, 0.05) is 55.1 Å². The van der Waals surface area contributed by atoms with Crippen LogP contribution in [-0.2, 0) is 43.2 Å². The maximum Gasteiger partial charge on any atom is 0.164 e. The molecule has 0 aliphatic heterocycles. The second-order valence-corrected chi connectivity index (χ2v) is 14.5. The number of hydrogen-bond donors (Lipinski definition) is 1. The number of pyridine rings is 2. The van der Waals surface area contributed by atoms with Crippen LogP contribution in [0.2, 0.25) is 0 Å². The summed E-state index contributed by atoms with van der Waals surface area (Å²) in [6.07, 6.45) is 10.6. The zero-order valence-corrected chi connectivity index (χ0v) is 32.5. The summed E-state index contributed by atoms with van der Waals surface area (Å²) in [5, 5.41) is 12.6. The number of benzene rings is 2. The topological polar surface area (TPSA) is 63.1 Å². The van der Waals surface area contributed by atoms with Crippen LogP contribution in [0, 0.1) is 23.8 Å². The third kappa shape index (κ3) is 8.12. The van der Waals surface area contributed by atoms with Crippen molar-refractivity contribution < 1.29 is 30.0 Å². The fourth-order valence-corrected chi connectivity index (χ4v) is 6.18. The first-order chi connectivity index (χ1) is 21.7. The number of nitrogens with zero attached hydrogens (tertiary/aromatic N) is 2. The van der Waals surface area contributed by atoms with Crippen LogP contribution in [0.15, 0.2) is 66.7 Å². The number of rotatable bonds is 8. The first-order valence-corrected chi connectivity index (χ1v) is 17.1. The van der Waals surface area contributed by atoms with Crippen molar-refractivity contribution in [1.29, 1.82) is 0 Å². The summed E-state index contributed by atoms with van der Waals surface area (Å²) in [5.74, 6) is 0.286. The van der Waals surface area contributed by atoms with Gasteiger partial charge >= 0.3 is 0 Å². The van der Waals surface area contributed by atoms with Gasteiger partial charge in [-0.25, -0.2) is 0 Å². The molecule has 253 valence electrons. The molecule has 0 saturated heterocycles. The van der Waals surface area contributed by atoms with Crippen LogP contribution in [0.25, 0.3) is 33.3 Å². The molecule has 1 N–H and O–H groups in total. The predicted molar refractivity (Wildman–Crippen MR) is 193 cm³/mol. The van der Waals surface area contributed by atoms with Gasteiger partial charge in [0.05, 0.1) is 5.69 Å². The Morgan fingerprint density at radius 1 is 0.872 bits per heavy atom. The predicted octanol–water partition coefficient (Wildman–Crippen LogP) is 11.1. The van der Waals surface area contributed by atoms with E-state index in [0.717, 1.165) is 60.9 Å². The molecule has 2 aromatic carbocycles. The van der Waals surface area contributed by atoms with Crippen molar-refractivity contribution in [3.05, 3.63) is 95.0 Å². The van der Waals surface area contributed by atoms with Gasteiger partial charge in [0.15, 0.2) is 5.78 Å². The molecule has 1 aliphatic carbocycles.